The number of carbonyl (C=O) groups is 1. The van der Waals surface area contributed by atoms with Gasteiger partial charge in [0.1, 0.15) is 0 Å². The molecule has 0 N–H and O–H groups in total. The van der Waals surface area contributed by atoms with E-state index in [1.165, 1.54) is 16.8 Å². The van der Waals surface area contributed by atoms with Crippen LogP contribution < -0.4 is 0 Å². The molecular weight excluding hydrogens is 382 g/mol. The molecule has 0 aliphatic carbocycles. The number of hydrogen-bond acceptors (Lipinski definition) is 6. The molecule has 1 aromatic heterocycles. The topological polar surface area (TPSA) is 88.0 Å². The summed E-state index contributed by atoms with van der Waals surface area (Å²) in [6, 6.07) is 0. The van der Waals surface area contributed by atoms with Gasteiger partial charge in [0.25, 0.3) is 10.0 Å². The van der Waals surface area contributed by atoms with E-state index in [9.17, 15) is 13.2 Å². The van der Waals surface area contributed by atoms with Gasteiger partial charge in [-0.15, -0.1) is 0 Å². The van der Waals surface area contributed by atoms with Crippen LogP contribution in [0, 0.1) is 11.8 Å². The van der Waals surface area contributed by atoms with Crippen LogP contribution in [0.15, 0.2) is 17.6 Å². The lowest BCUT2D eigenvalue weighted by molar-refractivity contribution is -0.133. The van der Waals surface area contributed by atoms with E-state index in [0.29, 0.717) is 32.5 Å². The van der Waals surface area contributed by atoms with Gasteiger partial charge in [-0.25, -0.2) is 13.4 Å². The molecule has 1 amide bonds. The van der Waals surface area contributed by atoms with Gasteiger partial charge < -0.3 is 14.2 Å². The van der Waals surface area contributed by atoms with Crippen LogP contribution in [-0.2, 0) is 26.6 Å². The third kappa shape index (κ3) is 2.97. The minimum absolute atomic E-state index is 0.0146. The first-order valence-corrected chi connectivity index (χ1v) is 11.2. The molecule has 0 saturated carbocycles. The summed E-state index contributed by atoms with van der Waals surface area (Å²) in [5.41, 5.74) is -0.250. The van der Waals surface area contributed by atoms with Crippen molar-refractivity contribution < 1.29 is 17.9 Å². The highest BCUT2D eigenvalue weighted by molar-refractivity contribution is 7.89. The first-order valence-electron chi connectivity index (χ1n) is 9.77. The van der Waals surface area contributed by atoms with E-state index in [1.807, 2.05) is 11.9 Å². The lowest BCUT2D eigenvalue weighted by Crippen LogP contribution is -2.56. The number of aromatic nitrogens is 2. The maximum absolute atomic E-state index is 12.9. The van der Waals surface area contributed by atoms with Crippen LogP contribution in [0.2, 0.25) is 0 Å². The molecular formula is C18H29N5O4S. The summed E-state index contributed by atoms with van der Waals surface area (Å²) in [7, 11) is 1.75. The number of hydrogen-bond donors (Lipinski definition) is 0. The number of imidazole rings is 1. The van der Waals surface area contributed by atoms with Crippen LogP contribution in [0.3, 0.4) is 0 Å². The van der Waals surface area contributed by atoms with E-state index < -0.39 is 10.0 Å². The Bertz CT molecular complexity index is 846. The van der Waals surface area contributed by atoms with E-state index in [2.05, 4.69) is 9.88 Å². The van der Waals surface area contributed by atoms with Gasteiger partial charge in [0.15, 0.2) is 5.03 Å². The SMILES string of the molecule is COCCN1C[C@@H]2C(=O)N(C)C3(CCN(S(=O)(=O)c4cn(C)cn4)CC3)[C@@H]2C1. The summed E-state index contributed by atoms with van der Waals surface area (Å²) in [6.45, 7) is 3.96. The summed E-state index contributed by atoms with van der Waals surface area (Å²) in [5, 5.41) is 0.0892. The van der Waals surface area contributed by atoms with Gasteiger partial charge in [-0.2, -0.15) is 4.31 Å². The zero-order valence-corrected chi connectivity index (χ0v) is 17.6. The zero-order chi connectivity index (χ0) is 20.1. The fourth-order valence-corrected chi connectivity index (χ4v) is 6.68. The van der Waals surface area contributed by atoms with Crippen molar-refractivity contribution in [3.63, 3.8) is 0 Å². The molecule has 0 radical (unpaired) electrons. The second kappa shape index (κ2) is 7.08. The number of ether oxygens (including phenoxy) is 1. The number of aryl methyl sites for hydroxylation is 1. The van der Waals surface area contributed by atoms with Crippen LogP contribution in [0.5, 0.6) is 0 Å². The lowest BCUT2D eigenvalue weighted by atomic mass is 9.75. The molecule has 9 nitrogen and oxygen atoms in total. The van der Waals surface area contributed by atoms with Crippen molar-refractivity contribution in [2.24, 2.45) is 18.9 Å². The van der Waals surface area contributed by atoms with E-state index >= 15 is 0 Å². The molecule has 4 heterocycles. The molecule has 28 heavy (non-hydrogen) atoms. The number of amides is 1. The van der Waals surface area contributed by atoms with Gasteiger partial charge in [-0.05, 0) is 12.8 Å². The summed E-state index contributed by atoms with van der Waals surface area (Å²) in [4.78, 5) is 21.2. The van der Waals surface area contributed by atoms with E-state index in [-0.39, 0.29) is 28.3 Å². The second-order valence-corrected chi connectivity index (χ2v) is 10.1. The van der Waals surface area contributed by atoms with Gasteiger partial charge in [0, 0.05) is 71.6 Å². The monoisotopic (exact) mass is 411 g/mol. The van der Waals surface area contributed by atoms with Crippen LogP contribution in [0.25, 0.3) is 0 Å². The number of likely N-dealkylation sites (tertiary alicyclic amines) is 2. The third-order valence-corrected chi connectivity index (χ3v) is 8.67. The maximum Gasteiger partial charge on any atom is 0.262 e. The van der Waals surface area contributed by atoms with Gasteiger partial charge in [-0.3, -0.25) is 9.69 Å². The highest BCUT2D eigenvalue weighted by atomic mass is 32.2. The summed E-state index contributed by atoms with van der Waals surface area (Å²) < 4.78 is 34.1. The fourth-order valence-electron chi connectivity index (χ4n) is 5.27. The molecule has 3 aliphatic heterocycles. The number of piperidine rings is 1. The van der Waals surface area contributed by atoms with Crippen molar-refractivity contribution in [2.45, 2.75) is 23.4 Å². The number of sulfonamides is 1. The predicted molar refractivity (Wildman–Crippen MR) is 102 cm³/mol. The predicted octanol–water partition coefficient (Wildman–Crippen LogP) is -0.390. The number of rotatable bonds is 5. The average Bonchev–Trinajstić information content (AvgIpc) is 3.35. The van der Waals surface area contributed by atoms with Gasteiger partial charge in [0.2, 0.25) is 5.91 Å². The quantitative estimate of drug-likeness (QED) is 0.656. The molecule has 2 atom stereocenters. The van der Waals surface area contributed by atoms with Crippen molar-refractivity contribution >= 4 is 15.9 Å². The number of nitrogens with zero attached hydrogens (tertiary/aromatic N) is 5. The highest BCUT2D eigenvalue weighted by Gasteiger charge is 2.60. The molecule has 0 aromatic carbocycles. The third-order valence-electron chi connectivity index (χ3n) is 6.89. The average molecular weight is 412 g/mol. The van der Waals surface area contributed by atoms with E-state index in [4.69, 9.17) is 4.74 Å². The fraction of sp³-hybridized carbons (Fsp3) is 0.778. The molecule has 1 spiro atoms. The van der Waals surface area contributed by atoms with Crippen LogP contribution in [-0.4, -0.2) is 97.0 Å². The number of methoxy groups -OCH3 is 1. The first kappa shape index (κ1) is 19.8. The minimum Gasteiger partial charge on any atom is -0.383 e. The van der Waals surface area contributed by atoms with Crippen molar-refractivity contribution in [2.75, 3.05) is 53.5 Å². The van der Waals surface area contributed by atoms with Crippen LogP contribution in [0.4, 0.5) is 0 Å². The normalized spacial score (nSPS) is 28.4. The summed E-state index contributed by atoms with van der Waals surface area (Å²) >= 11 is 0. The highest BCUT2D eigenvalue weighted by Crippen LogP contribution is 2.49. The van der Waals surface area contributed by atoms with Gasteiger partial charge in [-0.1, -0.05) is 0 Å². The molecule has 3 saturated heterocycles. The molecule has 0 bridgehead atoms. The van der Waals surface area contributed by atoms with Crippen LogP contribution in [0.1, 0.15) is 12.8 Å². The molecule has 0 unspecified atom stereocenters. The molecule has 4 rings (SSSR count). The van der Waals surface area contributed by atoms with Crippen molar-refractivity contribution in [1.82, 2.24) is 23.7 Å². The summed E-state index contributed by atoms with van der Waals surface area (Å²) in [6.07, 6.45) is 4.37. The van der Waals surface area contributed by atoms with Crippen molar-refractivity contribution in [3.05, 3.63) is 12.5 Å². The molecule has 1 aromatic rings. The number of fused-ring (bicyclic) bond motifs is 2. The minimum atomic E-state index is -3.59. The maximum atomic E-state index is 12.9. The Balaban J connectivity index is 1.50. The second-order valence-electron chi connectivity index (χ2n) is 8.25. The lowest BCUT2D eigenvalue weighted by Gasteiger charge is -2.46. The standard InChI is InChI=1S/C18H29N5O4S/c1-20-12-16(19-13-20)28(25,26)23-6-4-18(5-7-23)15-11-22(8-9-27-3)10-14(15)17(24)21(18)2/h12-15H,4-11H2,1-3H3/t14-,15+/m0/s1. The first-order chi connectivity index (χ1) is 13.3. The Labute approximate surface area is 166 Å². The Morgan fingerprint density at radius 3 is 2.57 bits per heavy atom. The molecule has 3 fully saturated rings. The zero-order valence-electron chi connectivity index (χ0n) is 16.7. The van der Waals surface area contributed by atoms with Crippen LogP contribution >= 0.6 is 0 Å². The molecule has 10 heteroatoms. The van der Waals surface area contributed by atoms with Gasteiger partial charge in [0.05, 0.1) is 18.9 Å². The summed E-state index contributed by atoms with van der Waals surface area (Å²) in [5.74, 6) is 0.466. The van der Waals surface area contributed by atoms with Crippen molar-refractivity contribution in [1.29, 1.82) is 0 Å². The van der Waals surface area contributed by atoms with E-state index in [1.54, 1.807) is 18.7 Å². The molecule has 3 aliphatic rings. The Hall–Kier alpha value is -1.49. The van der Waals surface area contributed by atoms with Crippen molar-refractivity contribution in [3.8, 4) is 0 Å². The Kier molecular flexibility index (Phi) is 5.01. The van der Waals surface area contributed by atoms with E-state index in [0.717, 1.165) is 19.6 Å². The molecule has 156 valence electrons. The van der Waals surface area contributed by atoms with Gasteiger partial charge >= 0.3 is 0 Å². The largest absolute Gasteiger partial charge is 0.383 e. The smallest absolute Gasteiger partial charge is 0.262 e. The Morgan fingerprint density at radius 2 is 1.96 bits per heavy atom. The number of carbonyl (C=O) groups excluding carboxylic acids is 1. The Morgan fingerprint density at radius 1 is 1.25 bits per heavy atom.